The molecule has 1 heterocycles. The molecule has 2 aromatic rings. The van der Waals surface area contributed by atoms with Crippen LogP contribution in [-0.4, -0.2) is 39.5 Å². The van der Waals surface area contributed by atoms with Crippen molar-refractivity contribution in [2.45, 2.75) is 32.0 Å². The largest absolute Gasteiger partial charge is 0.353 e. The molecule has 0 spiro atoms. The monoisotopic (exact) mass is 403 g/mol. The number of anilines is 2. The zero-order chi connectivity index (χ0) is 20.7. The molecule has 0 atom stereocenters. The molecular formula is C18H21N5O4S. The minimum Gasteiger partial charge on any atom is -0.353 e. The summed E-state index contributed by atoms with van der Waals surface area (Å²) in [6, 6.07) is 8.31. The Morgan fingerprint density at radius 1 is 1.14 bits per heavy atom. The van der Waals surface area contributed by atoms with Crippen LogP contribution in [0.5, 0.6) is 0 Å². The van der Waals surface area contributed by atoms with Gasteiger partial charge in [-0.05, 0) is 26.0 Å². The van der Waals surface area contributed by atoms with E-state index in [9.17, 15) is 19.2 Å². The number of aromatic nitrogens is 2. The minimum absolute atomic E-state index is 0.00868. The van der Waals surface area contributed by atoms with Gasteiger partial charge in [-0.2, -0.15) is 0 Å². The van der Waals surface area contributed by atoms with Crippen molar-refractivity contribution in [1.82, 2.24) is 15.3 Å². The number of nitrogens with zero attached hydrogens (tertiary/aromatic N) is 1. The second kappa shape index (κ2) is 9.70. The van der Waals surface area contributed by atoms with E-state index in [0.29, 0.717) is 5.56 Å². The van der Waals surface area contributed by atoms with Crippen molar-refractivity contribution in [2.75, 3.05) is 16.4 Å². The van der Waals surface area contributed by atoms with E-state index in [-0.39, 0.29) is 34.4 Å². The molecule has 9 nitrogen and oxygen atoms in total. The van der Waals surface area contributed by atoms with Crippen LogP contribution in [0.3, 0.4) is 0 Å². The zero-order valence-corrected chi connectivity index (χ0v) is 16.5. The highest BCUT2D eigenvalue weighted by molar-refractivity contribution is 7.99. The van der Waals surface area contributed by atoms with E-state index >= 15 is 0 Å². The van der Waals surface area contributed by atoms with Crippen molar-refractivity contribution in [3.63, 3.8) is 0 Å². The van der Waals surface area contributed by atoms with Gasteiger partial charge in [0.05, 0.1) is 5.75 Å². The Kier molecular flexibility index (Phi) is 7.33. The molecule has 0 bridgehead atoms. The molecule has 0 unspecified atom stereocenters. The van der Waals surface area contributed by atoms with Gasteiger partial charge >= 0.3 is 0 Å². The topological polar surface area (TPSA) is 133 Å². The maximum absolute atomic E-state index is 12.5. The normalized spacial score (nSPS) is 10.4. The van der Waals surface area contributed by atoms with Gasteiger partial charge in [0, 0.05) is 18.5 Å². The SMILES string of the molecule is CC(=O)Nc1nc(SCC(=O)NC(C)C)[nH]c(=O)c1NC(=O)c1ccccc1. The first-order chi connectivity index (χ1) is 13.3. The summed E-state index contributed by atoms with van der Waals surface area (Å²) in [4.78, 5) is 54.7. The van der Waals surface area contributed by atoms with Crippen molar-refractivity contribution < 1.29 is 14.4 Å². The van der Waals surface area contributed by atoms with Gasteiger partial charge in [-0.1, -0.05) is 30.0 Å². The zero-order valence-electron chi connectivity index (χ0n) is 15.7. The molecule has 0 radical (unpaired) electrons. The minimum atomic E-state index is -0.644. The molecule has 0 aliphatic heterocycles. The van der Waals surface area contributed by atoms with Crippen molar-refractivity contribution >= 4 is 41.0 Å². The number of hydrogen-bond donors (Lipinski definition) is 4. The summed E-state index contributed by atoms with van der Waals surface area (Å²) in [5.41, 5.74) is -0.477. The van der Waals surface area contributed by atoms with Crippen LogP contribution in [0.1, 0.15) is 31.1 Å². The molecular weight excluding hydrogens is 382 g/mol. The average molecular weight is 403 g/mol. The lowest BCUT2D eigenvalue weighted by Crippen LogP contribution is -2.31. The number of H-pyrrole nitrogens is 1. The first kappa shape index (κ1) is 21.2. The number of nitrogens with one attached hydrogen (secondary N) is 4. The van der Waals surface area contributed by atoms with Gasteiger partial charge in [0.1, 0.15) is 0 Å². The average Bonchev–Trinajstić information content (AvgIpc) is 2.62. The van der Waals surface area contributed by atoms with Crippen LogP contribution in [0.25, 0.3) is 0 Å². The maximum atomic E-state index is 12.5. The Morgan fingerprint density at radius 2 is 1.82 bits per heavy atom. The lowest BCUT2D eigenvalue weighted by molar-refractivity contribution is -0.119. The third kappa shape index (κ3) is 6.23. The fourth-order valence-electron chi connectivity index (χ4n) is 2.17. The highest BCUT2D eigenvalue weighted by atomic mass is 32.2. The van der Waals surface area contributed by atoms with Gasteiger partial charge < -0.3 is 16.0 Å². The van der Waals surface area contributed by atoms with Gasteiger partial charge in [-0.15, -0.1) is 0 Å². The number of benzene rings is 1. The first-order valence-electron chi connectivity index (χ1n) is 8.46. The number of carbonyl (C=O) groups excluding carboxylic acids is 3. The Morgan fingerprint density at radius 3 is 2.43 bits per heavy atom. The van der Waals surface area contributed by atoms with Crippen LogP contribution in [0.15, 0.2) is 40.3 Å². The van der Waals surface area contributed by atoms with E-state index in [1.807, 2.05) is 13.8 Å². The molecule has 3 amide bonds. The van der Waals surface area contributed by atoms with Crippen LogP contribution in [0, 0.1) is 0 Å². The van der Waals surface area contributed by atoms with Crippen LogP contribution in [0.2, 0.25) is 0 Å². The Hall–Kier alpha value is -3.14. The summed E-state index contributed by atoms with van der Waals surface area (Å²) in [7, 11) is 0. The molecule has 2 rings (SSSR count). The molecule has 10 heteroatoms. The van der Waals surface area contributed by atoms with Gasteiger partial charge in [-0.25, -0.2) is 4.98 Å². The van der Waals surface area contributed by atoms with Crippen molar-refractivity contribution in [3.8, 4) is 0 Å². The molecule has 0 aliphatic rings. The Labute approximate surface area is 165 Å². The molecule has 28 heavy (non-hydrogen) atoms. The highest BCUT2D eigenvalue weighted by Gasteiger charge is 2.17. The molecule has 0 saturated carbocycles. The van der Waals surface area contributed by atoms with Crippen molar-refractivity contribution in [2.24, 2.45) is 0 Å². The molecule has 0 fully saturated rings. The number of rotatable bonds is 7. The van der Waals surface area contributed by atoms with Crippen LogP contribution >= 0.6 is 11.8 Å². The summed E-state index contributed by atoms with van der Waals surface area (Å²) >= 11 is 1.01. The predicted molar refractivity (Wildman–Crippen MR) is 108 cm³/mol. The summed E-state index contributed by atoms with van der Waals surface area (Å²) in [6.45, 7) is 4.93. The number of thioether (sulfide) groups is 1. The number of amides is 3. The van der Waals surface area contributed by atoms with Crippen LogP contribution in [-0.2, 0) is 9.59 Å². The van der Waals surface area contributed by atoms with E-state index < -0.39 is 17.4 Å². The van der Waals surface area contributed by atoms with Crippen molar-refractivity contribution in [3.05, 3.63) is 46.2 Å². The highest BCUT2D eigenvalue weighted by Crippen LogP contribution is 2.20. The van der Waals surface area contributed by atoms with E-state index in [2.05, 4.69) is 25.9 Å². The molecule has 0 aliphatic carbocycles. The van der Waals surface area contributed by atoms with Gasteiger partial charge in [0.25, 0.3) is 11.5 Å². The number of carbonyl (C=O) groups is 3. The quantitative estimate of drug-likeness (QED) is 0.410. The summed E-state index contributed by atoms with van der Waals surface area (Å²) in [6.07, 6.45) is 0. The number of hydrogen-bond acceptors (Lipinski definition) is 6. The summed E-state index contributed by atoms with van der Waals surface area (Å²) in [5, 5.41) is 7.77. The van der Waals surface area contributed by atoms with Crippen molar-refractivity contribution in [1.29, 1.82) is 0 Å². The fourth-order valence-corrected chi connectivity index (χ4v) is 2.84. The maximum Gasteiger partial charge on any atom is 0.277 e. The second-order valence-corrected chi connectivity index (χ2v) is 7.07. The Bertz CT molecular complexity index is 927. The van der Waals surface area contributed by atoms with Gasteiger partial charge in [0.15, 0.2) is 16.7 Å². The van der Waals surface area contributed by atoms with E-state index in [0.717, 1.165) is 11.8 Å². The van der Waals surface area contributed by atoms with E-state index in [1.165, 1.54) is 6.92 Å². The standard InChI is InChI=1S/C18H21N5O4S/c1-10(2)19-13(25)9-28-18-22-15(20-11(3)24)14(17(27)23-18)21-16(26)12-7-5-4-6-8-12/h4-8,10H,9H2,1-3H3,(H,19,25)(H,21,26)(H2,20,22,23,24,27). The number of aromatic amines is 1. The molecule has 1 aromatic carbocycles. The summed E-state index contributed by atoms with van der Waals surface area (Å²) < 4.78 is 0. The lowest BCUT2D eigenvalue weighted by atomic mass is 10.2. The molecule has 148 valence electrons. The van der Waals surface area contributed by atoms with E-state index in [4.69, 9.17) is 0 Å². The van der Waals surface area contributed by atoms with Crippen LogP contribution in [0.4, 0.5) is 11.5 Å². The van der Waals surface area contributed by atoms with Crippen LogP contribution < -0.4 is 21.5 Å². The first-order valence-corrected chi connectivity index (χ1v) is 9.45. The summed E-state index contributed by atoms with van der Waals surface area (Å²) in [5.74, 6) is -1.24. The predicted octanol–water partition coefficient (Wildman–Crippen LogP) is 1.60. The molecule has 0 saturated heterocycles. The molecule has 1 aromatic heterocycles. The lowest BCUT2D eigenvalue weighted by Gasteiger charge is -2.12. The smallest absolute Gasteiger partial charge is 0.277 e. The van der Waals surface area contributed by atoms with Gasteiger partial charge in [0.2, 0.25) is 11.8 Å². The fraction of sp³-hybridized carbons (Fsp3) is 0.278. The van der Waals surface area contributed by atoms with E-state index in [1.54, 1.807) is 30.3 Å². The van der Waals surface area contributed by atoms with Gasteiger partial charge in [-0.3, -0.25) is 24.2 Å². The third-order valence-electron chi connectivity index (χ3n) is 3.26. The molecule has 4 N–H and O–H groups in total. The second-order valence-electron chi connectivity index (χ2n) is 6.11. The third-order valence-corrected chi connectivity index (χ3v) is 4.13. The Balaban J connectivity index is 2.25.